The minimum Gasteiger partial charge on any atom is -0.497 e. The quantitative estimate of drug-likeness (QED) is 0.589. The minimum atomic E-state index is 0.0675. The van der Waals surface area contributed by atoms with Crippen molar-refractivity contribution in [2.75, 3.05) is 33.3 Å². The summed E-state index contributed by atoms with van der Waals surface area (Å²) in [5.41, 5.74) is 1.74. The summed E-state index contributed by atoms with van der Waals surface area (Å²) in [5.74, 6) is 0.897. The molecule has 1 aliphatic rings. The first-order valence-electron chi connectivity index (χ1n) is 9.79. The van der Waals surface area contributed by atoms with Gasteiger partial charge in [0.15, 0.2) is 0 Å². The molecule has 0 spiro atoms. The highest BCUT2D eigenvalue weighted by Gasteiger charge is 2.24. The van der Waals surface area contributed by atoms with Crippen molar-refractivity contribution in [3.05, 3.63) is 58.4 Å². The van der Waals surface area contributed by atoms with Crippen LogP contribution >= 0.6 is 22.7 Å². The Bertz CT molecular complexity index is 1010. The van der Waals surface area contributed by atoms with Gasteiger partial charge in [0.2, 0.25) is 11.8 Å². The highest BCUT2D eigenvalue weighted by molar-refractivity contribution is 7.20. The van der Waals surface area contributed by atoms with Gasteiger partial charge in [0.25, 0.3) is 0 Å². The van der Waals surface area contributed by atoms with Crippen molar-refractivity contribution in [1.29, 1.82) is 0 Å². The number of ether oxygens (including phenoxy) is 1. The molecular formula is C22H23N3O3S2. The second kappa shape index (κ2) is 9.40. The number of aromatic nitrogens is 1. The van der Waals surface area contributed by atoms with Crippen LogP contribution in [0.25, 0.3) is 9.88 Å². The van der Waals surface area contributed by atoms with Crippen LogP contribution in [0.3, 0.4) is 0 Å². The van der Waals surface area contributed by atoms with E-state index in [0.717, 1.165) is 26.9 Å². The van der Waals surface area contributed by atoms with Crippen LogP contribution in [-0.2, 0) is 22.4 Å². The first kappa shape index (κ1) is 20.6. The van der Waals surface area contributed by atoms with Crippen molar-refractivity contribution >= 4 is 34.5 Å². The Morgan fingerprint density at radius 3 is 2.40 bits per heavy atom. The van der Waals surface area contributed by atoms with Crippen molar-refractivity contribution in [3.63, 3.8) is 0 Å². The third-order valence-electron chi connectivity index (χ3n) is 5.09. The molecule has 0 saturated carbocycles. The summed E-state index contributed by atoms with van der Waals surface area (Å²) < 4.78 is 5.22. The molecule has 0 unspecified atom stereocenters. The Kier molecular flexibility index (Phi) is 6.44. The molecule has 4 rings (SSSR count). The summed E-state index contributed by atoms with van der Waals surface area (Å²) in [4.78, 5) is 34.7. The van der Waals surface area contributed by atoms with Gasteiger partial charge in [0.05, 0.1) is 30.5 Å². The van der Waals surface area contributed by atoms with Gasteiger partial charge in [0.1, 0.15) is 10.8 Å². The first-order valence-corrected chi connectivity index (χ1v) is 11.5. The highest BCUT2D eigenvalue weighted by atomic mass is 32.1. The van der Waals surface area contributed by atoms with E-state index in [4.69, 9.17) is 4.74 Å². The topological polar surface area (TPSA) is 62.7 Å². The van der Waals surface area contributed by atoms with E-state index in [1.807, 2.05) is 57.0 Å². The lowest BCUT2D eigenvalue weighted by atomic mass is 10.1. The van der Waals surface area contributed by atoms with Crippen LogP contribution in [-0.4, -0.2) is 59.9 Å². The molecular weight excluding hydrogens is 418 g/mol. The van der Waals surface area contributed by atoms with Crippen LogP contribution in [0.15, 0.2) is 47.2 Å². The summed E-state index contributed by atoms with van der Waals surface area (Å²) in [6, 6.07) is 11.6. The second-order valence-corrected chi connectivity index (χ2v) is 8.89. The molecule has 1 fully saturated rings. The number of piperazine rings is 1. The molecule has 0 aliphatic carbocycles. The number of methoxy groups -OCH3 is 1. The molecule has 0 radical (unpaired) electrons. The summed E-state index contributed by atoms with van der Waals surface area (Å²) >= 11 is 3.22. The highest BCUT2D eigenvalue weighted by Crippen LogP contribution is 2.28. The van der Waals surface area contributed by atoms with Crippen LogP contribution in [0.1, 0.15) is 11.3 Å². The summed E-state index contributed by atoms with van der Waals surface area (Å²) in [6.45, 7) is 2.24. The van der Waals surface area contributed by atoms with Gasteiger partial charge in [-0.15, -0.1) is 22.7 Å². The standard InChI is InChI=1S/C22H23N3O3S2/c1-28-18-5-2-4-16(12-18)13-20(26)24-7-9-25(10-8-24)21(27)14-17-15-30-22(23-17)19-6-3-11-29-19/h2-6,11-12,15H,7-10,13-14H2,1H3. The number of carbonyl (C=O) groups is 2. The maximum atomic E-state index is 12.7. The van der Waals surface area contributed by atoms with E-state index < -0.39 is 0 Å². The second-order valence-electron chi connectivity index (χ2n) is 7.09. The maximum Gasteiger partial charge on any atom is 0.228 e. The van der Waals surface area contributed by atoms with Crippen molar-refractivity contribution < 1.29 is 14.3 Å². The van der Waals surface area contributed by atoms with E-state index in [9.17, 15) is 9.59 Å². The molecule has 1 saturated heterocycles. The maximum absolute atomic E-state index is 12.7. The molecule has 156 valence electrons. The monoisotopic (exact) mass is 441 g/mol. The SMILES string of the molecule is COc1cccc(CC(=O)N2CCN(C(=O)Cc3csc(-c4cccs4)n3)CC2)c1. The molecule has 0 atom stereocenters. The Morgan fingerprint density at radius 1 is 1.00 bits per heavy atom. The summed E-state index contributed by atoms with van der Waals surface area (Å²) in [6.07, 6.45) is 0.648. The average molecular weight is 442 g/mol. The van der Waals surface area contributed by atoms with E-state index in [2.05, 4.69) is 4.98 Å². The molecule has 8 heteroatoms. The first-order chi connectivity index (χ1) is 14.6. The number of nitrogens with zero attached hydrogens (tertiary/aromatic N) is 3. The Balaban J connectivity index is 1.27. The Hall–Kier alpha value is -2.71. The van der Waals surface area contributed by atoms with Crippen molar-refractivity contribution in [1.82, 2.24) is 14.8 Å². The van der Waals surface area contributed by atoms with Gasteiger partial charge < -0.3 is 14.5 Å². The van der Waals surface area contributed by atoms with Gasteiger partial charge in [-0.25, -0.2) is 4.98 Å². The number of carbonyl (C=O) groups excluding carboxylic acids is 2. The van der Waals surface area contributed by atoms with Crippen LogP contribution < -0.4 is 4.74 Å². The largest absolute Gasteiger partial charge is 0.497 e. The molecule has 2 amide bonds. The number of benzene rings is 1. The van der Waals surface area contributed by atoms with E-state index >= 15 is 0 Å². The fraction of sp³-hybridized carbons (Fsp3) is 0.318. The van der Waals surface area contributed by atoms with Gasteiger partial charge in [-0.1, -0.05) is 18.2 Å². The van der Waals surface area contributed by atoms with Crippen LogP contribution in [0.5, 0.6) is 5.75 Å². The third kappa shape index (κ3) is 4.88. The predicted molar refractivity (Wildman–Crippen MR) is 119 cm³/mol. The number of hydrogen-bond donors (Lipinski definition) is 0. The fourth-order valence-corrected chi connectivity index (χ4v) is 5.08. The lowest BCUT2D eigenvalue weighted by Gasteiger charge is -2.34. The van der Waals surface area contributed by atoms with Gasteiger partial charge in [-0.3, -0.25) is 9.59 Å². The molecule has 0 N–H and O–H groups in total. The predicted octanol–water partition coefficient (Wildman–Crippen LogP) is 3.34. The molecule has 3 aromatic rings. The van der Waals surface area contributed by atoms with E-state index in [1.165, 1.54) is 0 Å². The number of thiazole rings is 1. The van der Waals surface area contributed by atoms with E-state index in [0.29, 0.717) is 39.0 Å². The van der Waals surface area contributed by atoms with Crippen LogP contribution in [0.4, 0.5) is 0 Å². The molecule has 0 bridgehead atoms. The fourth-order valence-electron chi connectivity index (χ4n) is 3.44. The van der Waals surface area contributed by atoms with E-state index in [1.54, 1.807) is 29.8 Å². The Labute approximate surface area is 183 Å². The van der Waals surface area contributed by atoms with E-state index in [-0.39, 0.29) is 11.8 Å². The zero-order valence-corrected chi connectivity index (χ0v) is 18.4. The summed E-state index contributed by atoms with van der Waals surface area (Å²) in [7, 11) is 1.62. The molecule has 30 heavy (non-hydrogen) atoms. The number of rotatable bonds is 6. The number of amides is 2. The molecule has 6 nitrogen and oxygen atoms in total. The smallest absolute Gasteiger partial charge is 0.228 e. The van der Waals surface area contributed by atoms with Crippen molar-refractivity contribution in [2.45, 2.75) is 12.8 Å². The van der Waals surface area contributed by atoms with Gasteiger partial charge in [-0.2, -0.15) is 0 Å². The normalized spacial score (nSPS) is 14.0. The molecule has 1 aromatic carbocycles. The zero-order valence-electron chi connectivity index (χ0n) is 16.7. The van der Waals surface area contributed by atoms with Crippen LogP contribution in [0.2, 0.25) is 0 Å². The molecule has 3 heterocycles. The molecule has 2 aromatic heterocycles. The van der Waals surface area contributed by atoms with Gasteiger partial charge in [-0.05, 0) is 29.1 Å². The number of hydrogen-bond acceptors (Lipinski definition) is 6. The lowest BCUT2D eigenvalue weighted by Crippen LogP contribution is -2.51. The van der Waals surface area contributed by atoms with Crippen molar-refractivity contribution in [3.8, 4) is 15.6 Å². The summed E-state index contributed by atoms with van der Waals surface area (Å²) in [5, 5.41) is 4.94. The van der Waals surface area contributed by atoms with Gasteiger partial charge in [0, 0.05) is 31.6 Å². The third-order valence-corrected chi connectivity index (χ3v) is 7.02. The Morgan fingerprint density at radius 2 is 1.73 bits per heavy atom. The molecule has 1 aliphatic heterocycles. The zero-order chi connectivity index (χ0) is 20.9. The van der Waals surface area contributed by atoms with Gasteiger partial charge >= 0.3 is 0 Å². The number of thiophene rings is 1. The minimum absolute atomic E-state index is 0.0675. The van der Waals surface area contributed by atoms with Crippen molar-refractivity contribution in [2.24, 2.45) is 0 Å². The average Bonchev–Trinajstić information content (AvgIpc) is 3.46. The lowest BCUT2D eigenvalue weighted by molar-refractivity contribution is -0.138. The van der Waals surface area contributed by atoms with Crippen LogP contribution in [0, 0.1) is 0 Å².